The van der Waals surface area contributed by atoms with Crippen molar-refractivity contribution < 1.29 is 4.79 Å². The van der Waals surface area contributed by atoms with Gasteiger partial charge >= 0.3 is 0 Å². The Morgan fingerprint density at radius 3 is 2.58 bits per heavy atom. The standard InChI is InChI=1S/C19H26N4O/c1-16-4-3-5-18(14-16)15-19(24)23-12-9-21(10-13-23)8-11-22-7-6-20-17(22)2/h3-7,14H,8-13,15H2,1-2H3. The first-order valence-corrected chi connectivity index (χ1v) is 8.65. The van der Waals surface area contributed by atoms with Crippen LogP contribution in [0.1, 0.15) is 17.0 Å². The SMILES string of the molecule is Cc1cccc(CC(=O)N2CCN(CCn3ccnc3C)CC2)c1. The minimum atomic E-state index is 0.241. The Balaban J connectivity index is 1.44. The lowest BCUT2D eigenvalue weighted by Crippen LogP contribution is -2.49. The predicted octanol–water partition coefficient (Wildman–Crippen LogP) is 1.89. The minimum absolute atomic E-state index is 0.241. The lowest BCUT2D eigenvalue weighted by Gasteiger charge is -2.35. The van der Waals surface area contributed by atoms with Crippen molar-refractivity contribution in [2.75, 3.05) is 32.7 Å². The fraction of sp³-hybridized carbons (Fsp3) is 0.474. The molecule has 1 aromatic heterocycles. The summed E-state index contributed by atoms with van der Waals surface area (Å²) in [6.07, 6.45) is 4.38. The van der Waals surface area contributed by atoms with E-state index in [2.05, 4.69) is 33.5 Å². The summed E-state index contributed by atoms with van der Waals surface area (Å²) in [6, 6.07) is 8.22. The van der Waals surface area contributed by atoms with Gasteiger partial charge in [-0.1, -0.05) is 29.8 Å². The maximum Gasteiger partial charge on any atom is 0.227 e. The largest absolute Gasteiger partial charge is 0.340 e. The maximum atomic E-state index is 12.5. The second-order valence-electron chi connectivity index (χ2n) is 6.56. The fourth-order valence-corrected chi connectivity index (χ4v) is 3.22. The van der Waals surface area contributed by atoms with Crippen LogP contribution in [0, 0.1) is 13.8 Å². The smallest absolute Gasteiger partial charge is 0.227 e. The Hall–Kier alpha value is -2.14. The van der Waals surface area contributed by atoms with Gasteiger partial charge in [0.05, 0.1) is 6.42 Å². The van der Waals surface area contributed by atoms with Gasteiger partial charge in [-0.2, -0.15) is 0 Å². The first kappa shape index (κ1) is 16.7. The number of aromatic nitrogens is 2. The zero-order valence-corrected chi connectivity index (χ0v) is 14.6. The molecular formula is C19H26N4O. The highest BCUT2D eigenvalue weighted by Crippen LogP contribution is 2.09. The third-order valence-corrected chi connectivity index (χ3v) is 4.74. The van der Waals surface area contributed by atoms with E-state index in [1.807, 2.05) is 36.4 Å². The van der Waals surface area contributed by atoms with Crippen LogP contribution in [0.15, 0.2) is 36.7 Å². The minimum Gasteiger partial charge on any atom is -0.340 e. The molecule has 3 rings (SSSR count). The normalized spacial score (nSPS) is 15.7. The maximum absolute atomic E-state index is 12.5. The zero-order valence-electron chi connectivity index (χ0n) is 14.6. The highest BCUT2D eigenvalue weighted by molar-refractivity contribution is 5.78. The summed E-state index contributed by atoms with van der Waals surface area (Å²) in [6.45, 7) is 9.62. The molecule has 0 N–H and O–H groups in total. The summed E-state index contributed by atoms with van der Waals surface area (Å²) < 4.78 is 2.18. The highest BCUT2D eigenvalue weighted by atomic mass is 16.2. The van der Waals surface area contributed by atoms with Gasteiger partial charge in [-0.25, -0.2) is 4.98 Å². The Kier molecular flexibility index (Phi) is 5.30. The van der Waals surface area contributed by atoms with E-state index in [1.54, 1.807) is 0 Å². The topological polar surface area (TPSA) is 41.4 Å². The molecule has 0 aliphatic carbocycles. The summed E-state index contributed by atoms with van der Waals surface area (Å²) in [5.74, 6) is 1.30. The lowest BCUT2D eigenvalue weighted by atomic mass is 10.1. The number of aryl methyl sites for hydroxylation is 2. The molecule has 1 saturated heterocycles. The number of carbonyl (C=O) groups is 1. The van der Waals surface area contributed by atoms with Crippen LogP contribution in [0.3, 0.4) is 0 Å². The van der Waals surface area contributed by atoms with Crippen LogP contribution in [-0.4, -0.2) is 58.0 Å². The Morgan fingerprint density at radius 2 is 1.92 bits per heavy atom. The second-order valence-corrected chi connectivity index (χ2v) is 6.56. The molecule has 1 amide bonds. The number of hydrogen-bond acceptors (Lipinski definition) is 3. The van der Waals surface area contributed by atoms with E-state index in [1.165, 1.54) is 5.56 Å². The summed E-state index contributed by atoms with van der Waals surface area (Å²) in [4.78, 5) is 21.2. The average molecular weight is 326 g/mol. The summed E-state index contributed by atoms with van der Waals surface area (Å²) >= 11 is 0. The molecule has 1 aromatic carbocycles. The third kappa shape index (κ3) is 4.23. The van der Waals surface area contributed by atoms with E-state index < -0.39 is 0 Å². The predicted molar refractivity (Wildman–Crippen MR) is 94.9 cm³/mol. The first-order chi connectivity index (χ1) is 11.6. The van der Waals surface area contributed by atoms with Gasteiger partial charge in [0, 0.05) is 51.7 Å². The van der Waals surface area contributed by atoms with Gasteiger partial charge in [0.1, 0.15) is 5.82 Å². The molecular weight excluding hydrogens is 300 g/mol. The number of benzene rings is 1. The molecule has 128 valence electrons. The van der Waals surface area contributed by atoms with Crippen molar-refractivity contribution >= 4 is 5.91 Å². The van der Waals surface area contributed by atoms with Crippen LogP contribution in [0.2, 0.25) is 0 Å². The zero-order chi connectivity index (χ0) is 16.9. The number of piperazine rings is 1. The molecule has 0 radical (unpaired) electrons. The molecule has 5 nitrogen and oxygen atoms in total. The fourth-order valence-electron chi connectivity index (χ4n) is 3.22. The molecule has 1 aliphatic heterocycles. The second kappa shape index (κ2) is 7.62. The van der Waals surface area contributed by atoms with Crippen LogP contribution in [0.4, 0.5) is 0 Å². The van der Waals surface area contributed by atoms with E-state index in [-0.39, 0.29) is 5.91 Å². The van der Waals surface area contributed by atoms with Crippen molar-refractivity contribution in [3.63, 3.8) is 0 Å². The van der Waals surface area contributed by atoms with Crippen molar-refractivity contribution in [3.8, 4) is 0 Å². The number of carbonyl (C=O) groups excluding carboxylic acids is 1. The Labute approximate surface area is 143 Å². The molecule has 1 aliphatic rings. The average Bonchev–Trinajstić information content (AvgIpc) is 2.98. The first-order valence-electron chi connectivity index (χ1n) is 8.65. The lowest BCUT2D eigenvalue weighted by molar-refractivity contribution is -0.132. The van der Waals surface area contributed by atoms with Gasteiger partial charge in [0.2, 0.25) is 5.91 Å². The molecule has 0 saturated carbocycles. The van der Waals surface area contributed by atoms with Crippen molar-refractivity contribution in [3.05, 3.63) is 53.6 Å². The molecule has 2 aromatic rings. The van der Waals surface area contributed by atoms with Crippen LogP contribution >= 0.6 is 0 Å². The van der Waals surface area contributed by atoms with Crippen LogP contribution in [0.25, 0.3) is 0 Å². The van der Waals surface area contributed by atoms with Crippen LogP contribution < -0.4 is 0 Å². The quantitative estimate of drug-likeness (QED) is 0.842. The van der Waals surface area contributed by atoms with Gasteiger partial charge in [-0.15, -0.1) is 0 Å². The van der Waals surface area contributed by atoms with Gasteiger partial charge in [0.15, 0.2) is 0 Å². The molecule has 0 bridgehead atoms. The molecule has 0 spiro atoms. The molecule has 0 atom stereocenters. The van der Waals surface area contributed by atoms with Crippen molar-refractivity contribution in [2.45, 2.75) is 26.8 Å². The summed E-state index contributed by atoms with van der Waals surface area (Å²) in [5, 5.41) is 0. The van der Waals surface area contributed by atoms with Crippen LogP contribution in [0.5, 0.6) is 0 Å². The number of imidazole rings is 1. The number of nitrogens with zero attached hydrogens (tertiary/aromatic N) is 4. The third-order valence-electron chi connectivity index (χ3n) is 4.74. The summed E-state index contributed by atoms with van der Waals surface area (Å²) in [7, 11) is 0. The van der Waals surface area contributed by atoms with Gasteiger partial charge in [-0.3, -0.25) is 9.69 Å². The van der Waals surface area contributed by atoms with Crippen molar-refractivity contribution in [1.82, 2.24) is 19.4 Å². The van der Waals surface area contributed by atoms with E-state index in [0.29, 0.717) is 6.42 Å². The van der Waals surface area contributed by atoms with E-state index in [0.717, 1.165) is 50.7 Å². The Bertz CT molecular complexity index is 686. The molecule has 2 heterocycles. The van der Waals surface area contributed by atoms with Gasteiger partial charge in [-0.05, 0) is 19.4 Å². The van der Waals surface area contributed by atoms with E-state index in [9.17, 15) is 4.79 Å². The Morgan fingerprint density at radius 1 is 1.12 bits per heavy atom. The van der Waals surface area contributed by atoms with Gasteiger partial charge in [0.25, 0.3) is 0 Å². The summed E-state index contributed by atoms with van der Waals surface area (Å²) in [5.41, 5.74) is 2.32. The number of hydrogen-bond donors (Lipinski definition) is 0. The monoisotopic (exact) mass is 326 g/mol. The molecule has 0 unspecified atom stereocenters. The van der Waals surface area contributed by atoms with E-state index >= 15 is 0 Å². The van der Waals surface area contributed by atoms with E-state index in [4.69, 9.17) is 0 Å². The highest BCUT2D eigenvalue weighted by Gasteiger charge is 2.21. The van der Waals surface area contributed by atoms with Crippen LogP contribution in [-0.2, 0) is 17.8 Å². The molecule has 24 heavy (non-hydrogen) atoms. The van der Waals surface area contributed by atoms with Crippen molar-refractivity contribution in [2.24, 2.45) is 0 Å². The van der Waals surface area contributed by atoms with Gasteiger partial charge < -0.3 is 9.47 Å². The van der Waals surface area contributed by atoms with Crippen molar-refractivity contribution in [1.29, 1.82) is 0 Å². The number of rotatable bonds is 5. The molecule has 1 fully saturated rings. The number of amides is 1. The molecule has 5 heteroatoms.